The number of aryl methyl sites for hydroxylation is 1. The number of hydrogen-bond acceptors (Lipinski definition) is 9. The normalized spacial score (nSPS) is 35.5. The third kappa shape index (κ3) is 4.09. The van der Waals surface area contributed by atoms with Gasteiger partial charge in [-0.2, -0.15) is 8.42 Å². The van der Waals surface area contributed by atoms with Crippen LogP contribution in [0.4, 0.5) is 0 Å². The molecule has 0 saturated carbocycles. The lowest BCUT2D eigenvalue weighted by Crippen LogP contribution is -2.43. The van der Waals surface area contributed by atoms with Crippen LogP contribution in [0.15, 0.2) is 29.2 Å². The minimum Gasteiger partial charge on any atom is -0.342 e. The fourth-order valence-electron chi connectivity index (χ4n) is 3.32. The van der Waals surface area contributed by atoms with Crippen LogP contribution >= 0.6 is 35.7 Å². The van der Waals surface area contributed by atoms with E-state index in [1.165, 1.54) is 23.9 Å². The molecule has 148 valence electrons. The van der Waals surface area contributed by atoms with Crippen LogP contribution in [0.1, 0.15) is 19.4 Å². The second kappa shape index (κ2) is 7.24. The molecule has 0 unspecified atom stereocenters. The SMILES string of the molecule is Cc1ccc(S(=O)(=O)O[C@@H]2[C@H]([C@@H]3CSC(=S)S3)O[C@H]3OC(C)(C)O[C@@H]32)cc1. The van der Waals surface area contributed by atoms with Gasteiger partial charge in [-0.3, -0.25) is 4.18 Å². The van der Waals surface area contributed by atoms with Crippen molar-refractivity contribution < 1.29 is 26.8 Å². The number of thiocarbonyl (C=S) groups is 1. The van der Waals surface area contributed by atoms with Crippen LogP contribution in [0.3, 0.4) is 0 Å². The van der Waals surface area contributed by atoms with Gasteiger partial charge in [0.15, 0.2) is 12.1 Å². The first-order chi connectivity index (χ1) is 12.6. The highest BCUT2D eigenvalue weighted by Gasteiger charge is 2.59. The Hall–Kier alpha value is -0.200. The summed E-state index contributed by atoms with van der Waals surface area (Å²) in [6.07, 6.45) is -2.58. The van der Waals surface area contributed by atoms with E-state index in [1.54, 1.807) is 37.7 Å². The topological polar surface area (TPSA) is 71.1 Å². The molecule has 5 atom stereocenters. The van der Waals surface area contributed by atoms with E-state index < -0.39 is 40.5 Å². The molecule has 0 radical (unpaired) electrons. The van der Waals surface area contributed by atoms with Gasteiger partial charge in [-0.1, -0.05) is 29.9 Å². The van der Waals surface area contributed by atoms with Crippen molar-refractivity contribution in [2.45, 2.75) is 61.3 Å². The van der Waals surface area contributed by atoms with Gasteiger partial charge in [0.2, 0.25) is 0 Å². The van der Waals surface area contributed by atoms with Gasteiger partial charge < -0.3 is 14.2 Å². The van der Waals surface area contributed by atoms with Crippen molar-refractivity contribution in [1.82, 2.24) is 0 Å². The first-order valence-electron chi connectivity index (χ1n) is 8.49. The summed E-state index contributed by atoms with van der Waals surface area (Å²) in [6, 6.07) is 6.56. The van der Waals surface area contributed by atoms with Crippen LogP contribution in [0.5, 0.6) is 0 Å². The zero-order chi connectivity index (χ0) is 19.4. The fourth-order valence-corrected chi connectivity index (χ4v) is 7.40. The third-order valence-electron chi connectivity index (χ3n) is 4.55. The van der Waals surface area contributed by atoms with E-state index in [0.29, 0.717) is 0 Å². The first kappa shape index (κ1) is 20.1. The van der Waals surface area contributed by atoms with E-state index in [-0.39, 0.29) is 10.1 Å². The molecule has 0 aliphatic carbocycles. The second-order valence-corrected chi connectivity index (χ2v) is 12.1. The van der Waals surface area contributed by atoms with Crippen LogP contribution < -0.4 is 0 Å². The molecular formula is C17H20O6S4. The quantitative estimate of drug-likeness (QED) is 0.510. The molecule has 3 fully saturated rings. The summed E-state index contributed by atoms with van der Waals surface area (Å²) in [5, 5.41) is -0.0124. The number of fused-ring (bicyclic) bond motifs is 1. The van der Waals surface area contributed by atoms with E-state index in [0.717, 1.165) is 14.8 Å². The van der Waals surface area contributed by atoms with Gasteiger partial charge in [0.1, 0.15) is 21.8 Å². The molecule has 27 heavy (non-hydrogen) atoms. The molecule has 4 rings (SSSR count). The molecule has 3 aliphatic heterocycles. The minimum absolute atomic E-state index is 0.0124. The fraction of sp³-hybridized carbons (Fsp3) is 0.588. The van der Waals surface area contributed by atoms with Gasteiger partial charge in [0, 0.05) is 11.0 Å². The first-order valence-corrected chi connectivity index (χ1v) is 12.2. The van der Waals surface area contributed by atoms with E-state index in [4.69, 9.17) is 30.6 Å². The zero-order valence-corrected chi connectivity index (χ0v) is 18.3. The van der Waals surface area contributed by atoms with Crippen molar-refractivity contribution in [3.05, 3.63) is 29.8 Å². The molecule has 6 nitrogen and oxygen atoms in total. The lowest BCUT2D eigenvalue weighted by Gasteiger charge is -2.27. The van der Waals surface area contributed by atoms with E-state index in [2.05, 4.69) is 0 Å². The summed E-state index contributed by atoms with van der Waals surface area (Å²) in [5.41, 5.74) is 0.971. The molecular weight excluding hydrogens is 428 g/mol. The number of benzene rings is 1. The van der Waals surface area contributed by atoms with Crippen molar-refractivity contribution in [3.63, 3.8) is 0 Å². The molecule has 0 bridgehead atoms. The summed E-state index contributed by atoms with van der Waals surface area (Å²) in [4.78, 5) is 0.109. The van der Waals surface area contributed by atoms with Crippen LogP contribution in [0, 0.1) is 6.92 Å². The lowest BCUT2D eigenvalue weighted by atomic mass is 10.1. The van der Waals surface area contributed by atoms with Gasteiger partial charge >= 0.3 is 0 Å². The highest BCUT2D eigenvalue weighted by atomic mass is 32.2. The molecule has 3 saturated heterocycles. The Bertz CT molecular complexity index is 837. The smallest absolute Gasteiger partial charge is 0.297 e. The average Bonchev–Trinajstić information content (AvgIpc) is 3.21. The van der Waals surface area contributed by atoms with Gasteiger partial charge in [-0.25, -0.2) is 0 Å². The number of thioether (sulfide) groups is 2. The number of rotatable bonds is 4. The van der Waals surface area contributed by atoms with Crippen LogP contribution in [0.2, 0.25) is 0 Å². The second-order valence-electron chi connectivity index (χ2n) is 7.11. The van der Waals surface area contributed by atoms with Crippen molar-refractivity contribution in [2.24, 2.45) is 0 Å². The maximum atomic E-state index is 12.9. The Morgan fingerprint density at radius 2 is 1.89 bits per heavy atom. The van der Waals surface area contributed by atoms with Gasteiger partial charge in [0.05, 0.1) is 4.90 Å². The summed E-state index contributed by atoms with van der Waals surface area (Å²) in [6.45, 7) is 5.43. The molecule has 0 spiro atoms. The maximum Gasteiger partial charge on any atom is 0.297 e. The summed E-state index contributed by atoms with van der Waals surface area (Å²) >= 11 is 8.33. The minimum atomic E-state index is -3.98. The van der Waals surface area contributed by atoms with Gasteiger partial charge in [0.25, 0.3) is 10.1 Å². The molecule has 1 aromatic rings. The number of hydrogen-bond donors (Lipinski definition) is 0. The highest BCUT2D eigenvalue weighted by molar-refractivity contribution is 8.49. The molecule has 3 heterocycles. The predicted molar refractivity (Wildman–Crippen MR) is 108 cm³/mol. The molecule has 10 heteroatoms. The standard InChI is InChI=1S/C17H20O6S4/c1-9-4-6-10(7-5-9)27(18,19)23-13-12(11-8-25-16(24)26-11)20-15-14(13)21-17(2,3)22-15/h4-7,11-15H,8H2,1-3H3/t11-,12-,13+,14+,15-/m0/s1. The molecule has 0 amide bonds. The van der Waals surface area contributed by atoms with Crippen LogP contribution in [0.25, 0.3) is 0 Å². The monoisotopic (exact) mass is 448 g/mol. The van der Waals surface area contributed by atoms with Crippen LogP contribution in [-0.4, -0.2) is 53.3 Å². The van der Waals surface area contributed by atoms with Gasteiger partial charge in [-0.05, 0) is 32.9 Å². The van der Waals surface area contributed by atoms with E-state index in [1.807, 2.05) is 6.92 Å². The largest absolute Gasteiger partial charge is 0.342 e. The Labute approximate surface area is 172 Å². The van der Waals surface area contributed by atoms with E-state index in [9.17, 15) is 8.42 Å². The summed E-state index contributed by atoms with van der Waals surface area (Å²) in [7, 11) is -3.98. The average molecular weight is 449 g/mol. The Morgan fingerprint density at radius 3 is 2.52 bits per heavy atom. The highest BCUT2D eigenvalue weighted by Crippen LogP contribution is 2.46. The zero-order valence-electron chi connectivity index (χ0n) is 15.0. The summed E-state index contributed by atoms with van der Waals surface area (Å²) < 4.78 is 50.0. The molecule has 1 aromatic carbocycles. The molecule has 3 aliphatic rings. The molecule has 0 aromatic heterocycles. The maximum absolute atomic E-state index is 12.9. The lowest BCUT2D eigenvalue weighted by molar-refractivity contribution is -0.212. The van der Waals surface area contributed by atoms with Gasteiger partial charge in [-0.15, -0.1) is 23.5 Å². The van der Waals surface area contributed by atoms with Crippen molar-refractivity contribution in [1.29, 1.82) is 0 Å². The number of ether oxygens (including phenoxy) is 3. The Balaban J connectivity index is 1.61. The van der Waals surface area contributed by atoms with Crippen molar-refractivity contribution >= 4 is 49.4 Å². The third-order valence-corrected chi connectivity index (χ3v) is 9.07. The summed E-state index contributed by atoms with van der Waals surface area (Å²) in [5.74, 6) is -0.121. The predicted octanol–water partition coefficient (Wildman–Crippen LogP) is 3.08. The van der Waals surface area contributed by atoms with Crippen molar-refractivity contribution in [3.8, 4) is 0 Å². The Morgan fingerprint density at radius 1 is 1.19 bits per heavy atom. The Kier molecular flexibility index (Phi) is 5.39. The van der Waals surface area contributed by atoms with E-state index >= 15 is 0 Å². The van der Waals surface area contributed by atoms with Crippen LogP contribution in [-0.2, 0) is 28.5 Å². The van der Waals surface area contributed by atoms with Crippen molar-refractivity contribution in [2.75, 3.05) is 5.75 Å². The molecule has 0 N–H and O–H groups in total.